The van der Waals surface area contributed by atoms with Crippen molar-refractivity contribution >= 4 is 24.0 Å². The van der Waals surface area contributed by atoms with Crippen LogP contribution < -0.4 is 11.1 Å². The summed E-state index contributed by atoms with van der Waals surface area (Å²) in [6.45, 7) is 0.511. The molecule has 1 amide bonds. The van der Waals surface area contributed by atoms with Crippen LogP contribution in [0.25, 0.3) is 0 Å². The van der Waals surface area contributed by atoms with Crippen LogP contribution in [0.15, 0.2) is 36.7 Å². The van der Waals surface area contributed by atoms with Crippen molar-refractivity contribution in [2.45, 2.75) is 19.4 Å². The van der Waals surface area contributed by atoms with Gasteiger partial charge in [0.05, 0.1) is 6.20 Å². The van der Waals surface area contributed by atoms with Crippen LogP contribution >= 0.6 is 12.4 Å². The highest BCUT2D eigenvalue weighted by Crippen LogP contribution is 2.12. The summed E-state index contributed by atoms with van der Waals surface area (Å²) in [6.07, 6.45) is 4.73. The Morgan fingerprint density at radius 3 is 2.80 bits per heavy atom. The second kappa shape index (κ2) is 7.55. The second-order valence-corrected chi connectivity index (χ2v) is 4.50. The monoisotopic (exact) mass is 294 g/mol. The number of nitrogens with zero attached hydrogens (tertiary/aromatic N) is 2. The number of hydrogen-bond donors (Lipinski definition) is 2. The Morgan fingerprint density at radius 2 is 2.15 bits per heavy atom. The minimum Gasteiger partial charge on any atom is -0.399 e. The van der Waals surface area contributed by atoms with Crippen molar-refractivity contribution in [1.29, 1.82) is 0 Å². The number of nitrogens with one attached hydrogen (secondary N) is 1. The van der Waals surface area contributed by atoms with E-state index in [0.717, 1.165) is 16.8 Å². The molecular formula is C14H19ClN4O. The van der Waals surface area contributed by atoms with Crippen LogP contribution in [0.3, 0.4) is 0 Å². The summed E-state index contributed by atoms with van der Waals surface area (Å²) in [5, 5.41) is 6.92. The van der Waals surface area contributed by atoms with E-state index >= 15 is 0 Å². The van der Waals surface area contributed by atoms with Crippen LogP contribution in [-0.4, -0.2) is 15.7 Å². The molecule has 0 unspecified atom stereocenters. The maximum atomic E-state index is 11.7. The number of nitrogens with two attached hydrogens (primary N) is 1. The van der Waals surface area contributed by atoms with Crippen molar-refractivity contribution < 1.29 is 4.79 Å². The number of hydrogen-bond acceptors (Lipinski definition) is 3. The second-order valence-electron chi connectivity index (χ2n) is 4.50. The molecule has 1 aromatic carbocycles. The van der Waals surface area contributed by atoms with E-state index < -0.39 is 0 Å². The number of para-hydroxylation sites is 1. The number of aryl methyl sites for hydroxylation is 2. The fourth-order valence-electron chi connectivity index (χ4n) is 1.86. The van der Waals surface area contributed by atoms with E-state index in [2.05, 4.69) is 10.4 Å². The lowest BCUT2D eigenvalue weighted by atomic mass is 10.1. The molecule has 2 rings (SSSR count). The van der Waals surface area contributed by atoms with E-state index in [1.165, 1.54) is 0 Å². The number of aromatic nitrogens is 2. The number of amides is 1. The fourth-order valence-corrected chi connectivity index (χ4v) is 1.86. The molecule has 0 atom stereocenters. The van der Waals surface area contributed by atoms with Crippen molar-refractivity contribution in [2.75, 3.05) is 5.73 Å². The molecule has 2 aromatic rings. The molecule has 0 aliphatic heterocycles. The quantitative estimate of drug-likeness (QED) is 0.824. The minimum absolute atomic E-state index is 0. The van der Waals surface area contributed by atoms with Gasteiger partial charge in [-0.25, -0.2) is 0 Å². The highest BCUT2D eigenvalue weighted by Gasteiger charge is 2.05. The first-order valence-electron chi connectivity index (χ1n) is 6.23. The number of nitrogen functional groups attached to an aromatic ring is 1. The first-order valence-corrected chi connectivity index (χ1v) is 6.23. The summed E-state index contributed by atoms with van der Waals surface area (Å²) in [5.41, 5.74) is 8.58. The zero-order valence-corrected chi connectivity index (χ0v) is 12.2. The minimum atomic E-state index is 0. The number of halogens is 1. The smallest absolute Gasteiger partial charge is 0.220 e. The van der Waals surface area contributed by atoms with Gasteiger partial charge in [0.1, 0.15) is 0 Å². The van der Waals surface area contributed by atoms with E-state index in [0.29, 0.717) is 19.4 Å². The van der Waals surface area contributed by atoms with E-state index in [4.69, 9.17) is 5.73 Å². The Kier molecular flexibility index (Phi) is 6.06. The maximum Gasteiger partial charge on any atom is 0.220 e. The molecule has 20 heavy (non-hydrogen) atoms. The largest absolute Gasteiger partial charge is 0.399 e. The van der Waals surface area contributed by atoms with Gasteiger partial charge in [0, 0.05) is 37.5 Å². The zero-order valence-electron chi connectivity index (χ0n) is 11.4. The van der Waals surface area contributed by atoms with Crippen LogP contribution in [-0.2, 0) is 24.8 Å². The summed E-state index contributed by atoms with van der Waals surface area (Å²) in [6, 6.07) is 7.62. The lowest BCUT2D eigenvalue weighted by Crippen LogP contribution is -2.22. The number of carbonyl (C=O) groups excluding carboxylic acids is 1. The molecule has 0 saturated carbocycles. The van der Waals surface area contributed by atoms with Gasteiger partial charge in [0.25, 0.3) is 0 Å². The lowest BCUT2D eigenvalue weighted by Gasteiger charge is -2.06. The normalized spacial score (nSPS) is 9.85. The van der Waals surface area contributed by atoms with Crippen molar-refractivity contribution in [2.24, 2.45) is 7.05 Å². The van der Waals surface area contributed by atoms with Gasteiger partial charge in [-0.15, -0.1) is 12.4 Å². The van der Waals surface area contributed by atoms with E-state index in [9.17, 15) is 4.79 Å². The predicted octanol–water partition coefficient (Wildman–Crippen LogP) is 1.67. The third kappa shape index (κ3) is 4.59. The summed E-state index contributed by atoms with van der Waals surface area (Å²) in [7, 11) is 1.85. The molecule has 0 aliphatic rings. The Labute approximate surface area is 124 Å². The topological polar surface area (TPSA) is 72.9 Å². The Balaban J connectivity index is 0.00000200. The van der Waals surface area contributed by atoms with Gasteiger partial charge in [0.15, 0.2) is 0 Å². The standard InChI is InChI=1S/C14H18N4O.ClH/c1-18-10-11(9-17-18)8-16-14(19)7-6-12-4-2-3-5-13(12)15;/h2-5,9-10H,6-8,15H2,1H3,(H,16,19);1H. The van der Waals surface area contributed by atoms with Crippen LogP contribution in [0, 0.1) is 0 Å². The van der Waals surface area contributed by atoms with Crippen LogP contribution in [0.4, 0.5) is 5.69 Å². The zero-order chi connectivity index (χ0) is 13.7. The van der Waals surface area contributed by atoms with Crippen molar-refractivity contribution in [3.05, 3.63) is 47.8 Å². The average molecular weight is 295 g/mol. The number of carbonyl (C=O) groups is 1. The lowest BCUT2D eigenvalue weighted by molar-refractivity contribution is -0.121. The summed E-state index contributed by atoms with van der Waals surface area (Å²) in [5.74, 6) is 0.0205. The van der Waals surface area contributed by atoms with Gasteiger partial charge >= 0.3 is 0 Å². The van der Waals surface area contributed by atoms with Crippen molar-refractivity contribution in [1.82, 2.24) is 15.1 Å². The van der Waals surface area contributed by atoms with Gasteiger partial charge in [-0.1, -0.05) is 18.2 Å². The highest BCUT2D eigenvalue weighted by molar-refractivity contribution is 5.85. The Bertz CT molecular complexity index is 568. The number of anilines is 1. The summed E-state index contributed by atoms with van der Waals surface area (Å²) in [4.78, 5) is 11.7. The van der Waals surface area contributed by atoms with Gasteiger partial charge < -0.3 is 11.1 Å². The molecule has 1 aromatic heterocycles. The average Bonchev–Trinajstić information content (AvgIpc) is 2.81. The molecule has 3 N–H and O–H groups in total. The molecule has 6 heteroatoms. The van der Waals surface area contributed by atoms with Gasteiger partial charge in [-0.2, -0.15) is 5.10 Å². The van der Waals surface area contributed by atoms with E-state index in [-0.39, 0.29) is 18.3 Å². The number of rotatable bonds is 5. The van der Waals surface area contributed by atoms with Gasteiger partial charge in [-0.3, -0.25) is 9.48 Å². The predicted molar refractivity (Wildman–Crippen MR) is 81.5 cm³/mol. The molecule has 0 spiro atoms. The molecule has 0 radical (unpaired) electrons. The molecule has 108 valence electrons. The SMILES string of the molecule is Cl.Cn1cc(CNC(=O)CCc2ccccc2N)cn1. The van der Waals surface area contributed by atoms with Crippen LogP contribution in [0.2, 0.25) is 0 Å². The molecular weight excluding hydrogens is 276 g/mol. The van der Waals surface area contributed by atoms with Gasteiger partial charge in [0.2, 0.25) is 5.91 Å². The summed E-state index contributed by atoms with van der Waals surface area (Å²) < 4.78 is 1.71. The summed E-state index contributed by atoms with van der Waals surface area (Å²) >= 11 is 0. The first-order chi connectivity index (χ1) is 9.15. The molecule has 0 bridgehead atoms. The van der Waals surface area contributed by atoms with E-state index in [1.54, 1.807) is 10.9 Å². The molecule has 0 saturated heterocycles. The van der Waals surface area contributed by atoms with Crippen molar-refractivity contribution in [3.8, 4) is 0 Å². The van der Waals surface area contributed by atoms with Gasteiger partial charge in [-0.05, 0) is 18.1 Å². The Morgan fingerprint density at radius 1 is 1.40 bits per heavy atom. The molecule has 0 aliphatic carbocycles. The molecule has 5 nitrogen and oxygen atoms in total. The van der Waals surface area contributed by atoms with Crippen LogP contribution in [0.1, 0.15) is 17.5 Å². The maximum absolute atomic E-state index is 11.7. The Hall–Kier alpha value is -2.01. The molecule has 0 fully saturated rings. The van der Waals surface area contributed by atoms with Crippen LogP contribution in [0.5, 0.6) is 0 Å². The van der Waals surface area contributed by atoms with E-state index in [1.807, 2.05) is 37.5 Å². The highest BCUT2D eigenvalue weighted by atomic mass is 35.5. The first kappa shape index (κ1) is 16.0. The third-order valence-corrected chi connectivity index (χ3v) is 2.92. The molecule has 1 heterocycles. The fraction of sp³-hybridized carbons (Fsp3) is 0.286. The number of benzene rings is 1. The third-order valence-electron chi connectivity index (χ3n) is 2.92. The van der Waals surface area contributed by atoms with Crippen molar-refractivity contribution in [3.63, 3.8) is 0 Å².